The van der Waals surface area contributed by atoms with Crippen molar-refractivity contribution in [2.45, 2.75) is 63.7 Å². The van der Waals surface area contributed by atoms with E-state index in [-0.39, 0.29) is 12.8 Å². The van der Waals surface area contributed by atoms with Crippen LogP contribution in [0.3, 0.4) is 0 Å². The van der Waals surface area contributed by atoms with E-state index in [1.807, 2.05) is 54.6 Å². The average Bonchev–Trinajstić information content (AvgIpc) is 2.70. The van der Waals surface area contributed by atoms with Crippen molar-refractivity contribution in [2.75, 3.05) is 0 Å². The third-order valence-corrected chi connectivity index (χ3v) is 5.55. The molecule has 0 radical (unpaired) electrons. The number of esters is 2. The summed E-state index contributed by atoms with van der Waals surface area (Å²) < 4.78 is 15.9. The zero-order valence-electron chi connectivity index (χ0n) is 20.1. The first-order chi connectivity index (χ1) is 15.8. The molecular weight excluding hydrogens is 454 g/mol. The maximum Gasteiger partial charge on any atom is 0.408 e. The summed E-state index contributed by atoms with van der Waals surface area (Å²) in [7, 11) is 0. The molecule has 0 unspecified atom stereocenters. The summed E-state index contributed by atoms with van der Waals surface area (Å²) in [5.74, 6) is -4.00. The van der Waals surface area contributed by atoms with E-state index in [4.69, 9.17) is 26.8 Å². The van der Waals surface area contributed by atoms with E-state index in [0.717, 1.165) is 16.7 Å². The molecule has 1 N–H and O–H groups in total. The molecule has 2 aromatic rings. The Morgan fingerprint density at radius 1 is 0.971 bits per heavy atom. The van der Waals surface area contributed by atoms with Crippen LogP contribution in [0.1, 0.15) is 46.6 Å². The van der Waals surface area contributed by atoms with Crippen molar-refractivity contribution >= 4 is 30.7 Å². The molecule has 1 aliphatic rings. The van der Waals surface area contributed by atoms with Crippen molar-refractivity contribution in [3.8, 4) is 11.1 Å². The van der Waals surface area contributed by atoms with Crippen LogP contribution < -0.4 is 5.32 Å². The zero-order valence-corrected chi connectivity index (χ0v) is 21.0. The minimum atomic E-state index is -1.34. The van der Waals surface area contributed by atoms with E-state index >= 15 is 0 Å². The Morgan fingerprint density at radius 2 is 1.50 bits per heavy atom. The lowest BCUT2D eigenvalue weighted by atomic mass is 9.92. The number of nitrogens with one attached hydrogen (secondary N) is 1. The predicted octanol–water partition coefficient (Wildman–Crippen LogP) is 4.89. The van der Waals surface area contributed by atoms with Gasteiger partial charge in [-0.15, -0.1) is 0 Å². The van der Waals surface area contributed by atoms with Crippen molar-refractivity contribution in [1.29, 1.82) is 0 Å². The Hall–Kier alpha value is -3.00. The van der Waals surface area contributed by atoms with Gasteiger partial charge in [-0.2, -0.15) is 12.6 Å². The number of ether oxygens (including phenoxy) is 3. The highest BCUT2D eigenvalue weighted by molar-refractivity contribution is 7.81. The summed E-state index contributed by atoms with van der Waals surface area (Å²) in [5.41, 5.74) is 2.23. The van der Waals surface area contributed by atoms with Gasteiger partial charge in [-0.25, -0.2) is 4.79 Å². The Kier molecular flexibility index (Phi) is 7.31. The molecule has 0 spiro atoms. The lowest BCUT2D eigenvalue weighted by Crippen LogP contribution is -2.53. The van der Waals surface area contributed by atoms with Crippen LogP contribution >= 0.6 is 12.6 Å². The fraction of sp³-hybridized carbons (Fsp3) is 0.423. The molecule has 1 atom stereocenters. The summed E-state index contributed by atoms with van der Waals surface area (Å²) in [6.07, 6.45) is -0.615. The molecule has 8 heteroatoms. The first-order valence-corrected chi connectivity index (χ1v) is 11.5. The van der Waals surface area contributed by atoms with E-state index in [9.17, 15) is 14.4 Å². The van der Waals surface area contributed by atoms with Crippen LogP contribution in [0, 0.1) is 5.92 Å². The first-order valence-electron chi connectivity index (χ1n) is 11.1. The number of amides is 1. The Morgan fingerprint density at radius 3 is 2.03 bits per heavy atom. The normalized spacial score (nSPS) is 17.8. The monoisotopic (exact) mass is 485 g/mol. The highest BCUT2D eigenvalue weighted by Crippen LogP contribution is 2.33. The van der Waals surface area contributed by atoms with Gasteiger partial charge in [-0.1, -0.05) is 54.6 Å². The van der Waals surface area contributed by atoms with Crippen molar-refractivity contribution in [3.63, 3.8) is 0 Å². The molecule has 1 saturated heterocycles. The van der Waals surface area contributed by atoms with Crippen molar-refractivity contribution in [3.05, 3.63) is 60.2 Å². The molecule has 3 rings (SSSR count). The minimum Gasteiger partial charge on any atom is -0.444 e. The van der Waals surface area contributed by atoms with E-state index in [1.54, 1.807) is 20.8 Å². The van der Waals surface area contributed by atoms with Crippen LogP contribution in [-0.2, 0) is 30.2 Å². The van der Waals surface area contributed by atoms with Gasteiger partial charge in [0, 0.05) is 26.7 Å². The van der Waals surface area contributed by atoms with Gasteiger partial charge in [-0.3, -0.25) is 9.59 Å². The summed E-state index contributed by atoms with van der Waals surface area (Å²) in [5, 5.41) is 2.74. The van der Waals surface area contributed by atoms with Crippen LogP contribution in [0.5, 0.6) is 0 Å². The molecule has 1 aliphatic heterocycles. The highest BCUT2D eigenvalue weighted by atomic mass is 32.1. The number of carbonyl (C=O) groups is 3. The maximum atomic E-state index is 12.6. The van der Waals surface area contributed by atoms with Crippen molar-refractivity contribution in [1.82, 2.24) is 5.32 Å². The molecule has 1 amide bonds. The number of hydrogen-bond donors (Lipinski definition) is 2. The zero-order chi connectivity index (χ0) is 25.1. The first kappa shape index (κ1) is 25.6. The molecule has 34 heavy (non-hydrogen) atoms. The van der Waals surface area contributed by atoms with Gasteiger partial charge >= 0.3 is 18.0 Å². The largest absolute Gasteiger partial charge is 0.444 e. The van der Waals surface area contributed by atoms with Crippen molar-refractivity contribution < 1.29 is 28.6 Å². The van der Waals surface area contributed by atoms with E-state index < -0.39 is 40.2 Å². The maximum absolute atomic E-state index is 12.6. The Labute approximate surface area is 205 Å². The number of carbonyl (C=O) groups excluding carboxylic acids is 3. The van der Waals surface area contributed by atoms with Crippen LogP contribution in [0.25, 0.3) is 11.1 Å². The molecule has 1 fully saturated rings. The van der Waals surface area contributed by atoms with E-state index in [2.05, 4.69) is 5.32 Å². The molecule has 182 valence electrons. The van der Waals surface area contributed by atoms with Gasteiger partial charge in [0.2, 0.25) is 0 Å². The Bertz CT molecular complexity index is 1030. The lowest BCUT2D eigenvalue weighted by molar-refractivity contribution is -0.240. The second-order valence-corrected chi connectivity index (χ2v) is 10.8. The van der Waals surface area contributed by atoms with Crippen LogP contribution in [0.4, 0.5) is 4.79 Å². The molecular formula is C26H31NO6S. The fourth-order valence-electron chi connectivity index (χ4n) is 3.69. The summed E-state index contributed by atoms with van der Waals surface area (Å²) in [6.45, 7) is 8.20. The molecule has 1 heterocycles. The van der Waals surface area contributed by atoms with E-state index in [1.165, 1.54) is 13.8 Å². The van der Waals surface area contributed by atoms with Crippen LogP contribution in [0.15, 0.2) is 54.6 Å². The van der Waals surface area contributed by atoms with E-state index in [0.29, 0.717) is 0 Å². The summed E-state index contributed by atoms with van der Waals surface area (Å²) in [4.78, 5) is 36.4. The van der Waals surface area contributed by atoms with Gasteiger partial charge in [-0.05, 0) is 37.5 Å². The summed E-state index contributed by atoms with van der Waals surface area (Å²) >= 11 is 4.72. The third kappa shape index (κ3) is 7.00. The quantitative estimate of drug-likeness (QED) is 0.262. The molecule has 7 nitrogen and oxygen atoms in total. The molecule has 0 saturated carbocycles. The Balaban J connectivity index is 1.83. The summed E-state index contributed by atoms with van der Waals surface area (Å²) in [6, 6.07) is 17.7. The fourth-order valence-corrected chi connectivity index (χ4v) is 4.15. The van der Waals surface area contributed by atoms with Gasteiger partial charge in [0.1, 0.15) is 5.60 Å². The highest BCUT2D eigenvalue weighted by Gasteiger charge is 2.47. The SMILES string of the molecule is CC(C)(C)OC(=O)N[C@@](S)(Cc1ccc(-c2ccccc2)cc1)CC1C(=O)OC(C)(C)OC1=O. The standard InChI is InChI=1S/C26H31NO6S/c1-24(2,3)33-23(30)27-26(34,16-20-21(28)31-25(4,5)32-22(20)29)15-17-11-13-19(14-12-17)18-9-7-6-8-10-18/h6-14,20,34H,15-16H2,1-5H3,(H,27,30)/t26-/m1/s1. The van der Waals surface area contributed by atoms with Gasteiger partial charge in [0.05, 0.1) is 4.87 Å². The second-order valence-electron chi connectivity index (χ2n) is 9.90. The van der Waals surface area contributed by atoms with Gasteiger partial charge in [0.25, 0.3) is 5.79 Å². The lowest BCUT2D eigenvalue weighted by Gasteiger charge is -2.37. The third-order valence-electron chi connectivity index (χ3n) is 5.09. The number of thiol groups is 1. The number of rotatable bonds is 6. The average molecular weight is 486 g/mol. The number of benzene rings is 2. The van der Waals surface area contributed by atoms with Crippen LogP contribution in [0.2, 0.25) is 0 Å². The topological polar surface area (TPSA) is 90.9 Å². The predicted molar refractivity (Wildman–Crippen MR) is 131 cm³/mol. The van der Waals surface area contributed by atoms with Crippen molar-refractivity contribution in [2.24, 2.45) is 5.92 Å². The number of alkyl carbamates (subject to hydrolysis) is 1. The van der Waals surface area contributed by atoms with Gasteiger partial charge in [0.15, 0.2) is 5.92 Å². The van der Waals surface area contributed by atoms with Crippen LogP contribution in [-0.4, -0.2) is 34.3 Å². The smallest absolute Gasteiger partial charge is 0.408 e. The molecule has 2 aromatic carbocycles. The molecule has 0 aromatic heterocycles. The molecule has 0 aliphatic carbocycles. The van der Waals surface area contributed by atoms with Gasteiger partial charge < -0.3 is 19.5 Å². The number of hydrogen-bond acceptors (Lipinski definition) is 7. The number of cyclic esters (lactones) is 2. The second kappa shape index (κ2) is 9.70. The minimum absolute atomic E-state index is 0.135. The molecule has 0 bridgehead atoms.